The lowest BCUT2D eigenvalue weighted by molar-refractivity contribution is -0.140. The van der Waals surface area contributed by atoms with Gasteiger partial charge in [0.05, 0.1) is 0 Å². The van der Waals surface area contributed by atoms with Gasteiger partial charge in [-0.05, 0) is 44.1 Å². The van der Waals surface area contributed by atoms with Crippen molar-refractivity contribution in [3.8, 4) is 0 Å². The van der Waals surface area contributed by atoms with Gasteiger partial charge in [0.2, 0.25) is 5.95 Å². The Morgan fingerprint density at radius 2 is 2.06 bits per heavy atom. The number of carbonyl (C=O) groups is 1. The summed E-state index contributed by atoms with van der Waals surface area (Å²) in [7, 11) is 0. The van der Waals surface area contributed by atoms with E-state index in [1.54, 1.807) is 6.07 Å². The van der Waals surface area contributed by atoms with Gasteiger partial charge in [0, 0.05) is 35.6 Å². The Hall–Kier alpha value is -3.38. The third kappa shape index (κ3) is 3.53. The van der Waals surface area contributed by atoms with Gasteiger partial charge in [-0.2, -0.15) is 18.3 Å². The van der Waals surface area contributed by atoms with Crippen molar-refractivity contribution in [2.24, 2.45) is 5.92 Å². The van der Waals surface area contributed by atoms with Crippen LogP contribution in [0.1, 0.15) is 49.4 Å². The Bertz CT molecular complexity index is 1240. The molecular weight excluding hydrogens is 458 g/mol. The van der Waals surface area contributed by atoms with Crippen LogP contribution in [0.3, 0.4) is 0 Å². The number of aromatic amines is 1. The van der Waals surface area contributed by atoms with Crippen LogP contribution in [0.2, 0.25) is 0 Å². The lowest BCUT2D eigenvalue weighted by atomic mass is 9.50. The minimum atomic E-state index is -4.59. The van der Waals surface area contributed by atoms with E-state index in [9.17, 15) is 18.0 Å². The summed E-state index contributed by atoms with van der Waals surface area (Å²) in [6.07, 6.45) is -1.50. The van der Waals surface area contributed by atoms with Gasteiger partial charge in [-0.15, -0.1) is 0 Å². The van der Waals surface area contributed by atoms with Gasteiger partial charge < -0.3 is 15.4 Å². The van der Waals surface area contributed by atoms with E-state index < -0.39 is 36.2 Å². The molecule has 3 N–H and O–H groups in total. The van der Waals surface area contributed by atoms with Crippen LogP contribution in [0, 0.1) is 5.92 Å². The van der Waals surface area contributed by atoms with Crippen molar-refractivity contribution >= 4 is 23.5 Å². The summed E-state index contributed by atoms with van der Waals surface area (Å²) >= 11 is 0. The number of anilines is 2. The van der Waals surface area contributed by atoms with Gasteiger partial charge >= 0.3 is 12.3 Å². The summed E-state index contributed by atoms with van der Waals surface area (Å²) in [6, 6.07) is 2.93. The van der Waals surface area contributed by atoms with Gasteiger partial charge in [0.15, 0.2) is 11.5 Å². The second kappa shape index (κ2) is 7.31. The van der Waals surface area contributed by atoms with Gasteiger partial charge in [-0.1, -0.05) is 0 Å². The number of carbonyl (C=O) groups excluding carboxylic acids is 1. The molecule has 180 valence electrons. The van der Waals surface area contributed by atoms with Gasteiger partial charge in [0.25, 0.3) is 0 Å². The maximum atomic E-state index is 15.1. The maximum Gasteiger partial charge on any atom is 0.434 e. The summed E-state index contributed by atoms with van der Waals surface area (Å²) in [6.45, 7) is 0. The molecule has 3 aromatic rings. The SMILES string of the molecule is O=C(NC12CC(C1)C2)O[C@@H]1CC[C@H](c2cc(Nc3nccc4nc(C(F)(F)F)cn34)n[nH]2)[C@H]1F. The largest absolute Gasteiger partial charge is 0.443 e. The molecule has 0 spiro atoms. The lowest BCUT2D eigenvalue weighted by Crippen LogP contribution is -2.68. The predicted octanol–water partition coefficient (Wildman–Crippen LogP) is 4.08. The molecule has 4 saturated carbocycles. The summed E-state index contributed by atoms with van der Waals surface area (Å²) in [4.78, 5) is 19.8. The Balaban J connectivity index is 1.12. The Morgan fingerprint density at radius 1 is 1.26 bits per heavy atom. The number of halogens is 4. The molecule has 0 aromatic carbocycles. The van der Waals surface area contributed by atoms with E-state index in [4.69, 9.17) is 4.74 Å². The lowest BCUT2D eigenvalue weighted by Gasteiger charge is -2.61. The number of H-pyrrole nitrogens is 1. The van der Waals surface area contributed by atoms with Crippen LogP contribution >= 0.6 is 0 Å². The molecule has 4 fully saturated rings. The number of hydrogen-bond acceptors (Lipinski definition) is 6. The molecule has 0 aliphatic heterocycles. The maximum absolute atomic E-state index is 15.1. The van der Waals surface area contributed by atoms with Gasteiger partial charge in [-0.25, -0.2) is 19.2 Å². The summed E-state index contributed by atoms with van der Waals surface area (Å²) < 4.78 is 60.6. The Labute approximate surface area is 190 Å². The summed E-state index contributed by atoms with van der Waals surface area (Å²) in [5.74, 6) is 0.490. The first-order chi connectivity index (χ1) is 16.2. The highest BCUT2D eigenvalue weighted by Crippen LogP contribution is 2.57. The number of ether oxygens (including phenoxy) is 1. The van der Waals surface area contributed by atoms with Crippen LogP contribution < -0.4 is 10.6 Å². The van der Waals surface area contributed by atoms with Crippen molar-refractivity contribution in [1.82, 2.24) is 29.9 Å². The molecule has 0 saturated heterocycles. The molecule has 3 atom stereocenters. The number of alkyl carbamates (subject to hydrolysis) is 1. The van der Waals surface area contributed by atoms with Crippen LogP contribution in [-0.4, -0.2) is 48.5 Å². The number of alkyl halides is 4. The number of amides is 1. The number of aromatic nitrogens is 5. The normalized spacial score (nSPS) is 30.0. The second-order valence-corrected chi connectivity index (χ2v) is 9.41. The molecule has 3 aromatic heterocycles. The van der Waals surface area contributed by atoms with Crippen LogP contribution in [0.4, 0.5) is 34.1 Å². The van der Waals surface area contributed by atoms with Crippen molar-refractivity contribution in [1.29, 1.82) is 0 Å². The minimum absolute atomic E-state index is 0.0670. The zero-order valence-electron chi connectivity index (χ0n) is 17.8. The van der Waals surface area contributed by atoms with E-state index in [2.05, 4.69) is 30.8 Å². The zero-order valence-corrected chi connectivity index (χ0v) is 17.8. The number of nitrogens with one attached hydrogen (secondary N) is 3. The van der Waals surface area contributed by atoms with Crippen LogP contribution in [0.15, 0.2) is 24.5 Å². The molecule has 13 heteroatoms. The number of fused-ring (bicyclic) bond motifs is 1. The Kier molecular flexibility index (Phi) is 4.55. The first-order valence-corrected chi connectivity index (χ1v) is 11.1. The van der Waals surface area contributed by atoms with Crippen molar-refractivity contribution in [3.63, 3.8) is 0 Å². The molecule has 34 heavy (non-hydrogen) atoms. The fourth-order valence-corrected chi connectivity index (χ4v) is 5.24. The monoisotopic (exact) mass is 479 g/mol. The zero-order chi connectivity index (χ0) is 23.7. The summed E-state index contributed by atoms with van der Waals surface area (Å²) in [5, 5.41) is 12.6. The van der Waals surface area contributed by atoms with E-state index in [0.717, 1.165) is 25.5 Å². The first kappa shape index (κ1) is 21.2. The topological polar surface area (TPSA) is 109 Å². The molecule has 7 rings (SSSR count). The first-order valence-electron chi connectivity index (χ1n) is 11.1. The average Bonchev–Trinajstić information content (AvgIpc) is 3.43. The van der Waals surface area contributed by atoms with Crippen LogP contribution in [0.5, 0.6) is 0 Å². The molecule has 4 aliphatic carbocycles. The number of rotatable bonds is 5. The highest BCUT2D eigenvalue weighted by molar-refractivity contribution is 5.69. The molecule has 1 amide bonds. The van der Waals surface area contributed by atoms with Crippen molar-refractivity contribution < 1.29 is 27.1 Å². The third-order valence-electron chi connectivity index (χ3n) is 7.07. The highest BCUT2D eigenvalue weighted by atomic mass is 19.4. The smallest absolute Gasteiger partial charge is 0.434 e. The van der Waals surface area contributed by atoms with E-state index in [-0.39, 0.29) is 23.0 Å². The quantitative estimate of drug-likeness (QED) is 0.476. The van der Waals surface area contributed by atoms with E-state index in [1.807, 2.05) is 0 Å². The van der Waals surface area contributed by atoms with E-state index in [0.29, 0.717) is 24.5 Å². The number of nitrogens with zero attached hydrogens (tertiary/aromatic N) is 4. The van der Waals surface area contributed by atoms with Crippen molar-refractivity contribution in [2.45, 2.75) is 62.0 Å². The molecule has 4 aliphatic rings. The number of imidazole rings is 1. The molecule has 0 radical (unpaired) electrons. The van der Waals surface area contributed by atoms with Crippen molar-refractivity contribution in [2.75, 3.05) is 5.32 Å². The standard InChI is InChI=1S/C21H21F4N7O2/c22-17-11(1-2-13(17)34-19(33)29-20-6-10(7-20)8-20)12-5-15(31-30-12)28-18-26-4-3-16-27-14(9-32(16)18)21(23,24)25/h3-5,9-11,13,17H,1-2,6-8H2,(H,29,33)(H2,26,28,30,31)/t10?,11-,13-,17-,20?/m1/s1. The Morgan fingerprint density at radius 3 is 2.76 bits per heavy atom. The second-order valence-electron chi connectivity index (χ2n) is 9.41. The minimum Gasteiger partial charge on any atom is -0.443 e. The molecule has 3 heterocycles. The van der Waals surface area contributed by atoms with Crippen molar-refractivity contribution in [3.05, 3.63) is 35.9 Å². The molecule has 0 unspecified atom stereocenters. The average molecular weight is 479 g/mol. The van der Waals surface area contributed by atoms with E-state index >= 15 is 4.39 Å². The highest BCUT2D eigenvalue weighted by Gasteiger charge is 2.58. The third-order valence-corrected chi connectivity index (χ3v) is 7.07. The summed E-state index contributed by atoms with van der Waals surface area (Å²) in [5.41, 5.74) is -0.615. The number of hydrogen-bond donors (Lipinski definition) is 3. The molecular formula is C21H21F4N7O2. The van der Waals surface area contributed by atoms with Gasteiger partial charge in [-0.3, -0.25) is 9.50 Å². The van der Waals surface area contributed by atoms with Gasteiger partial charge in [0.1, 0.15) is 17.9 Å². The fraction of sp³-hybridized carbons (Fsp3) is 0.524. The van der Waals surface area contributed by atoms with E-state index in [1.165, 1.54) is 16.7 Å². The molecule has 9 nitrogen and oxygen atoms in total. The fourth-order valence-electron chi connectivity index (χ4n) is 5.24. The molecule has 2 bridgehead atoms. The predicted molar refractivity (Wildman–Crippen MR) is 110 cm³/mol. The van der Waals surface area contributed by atoms with Crippen LogP contribution in [-0.2, 0) is 10.9 Å². The van der Waals surface area contributed by atoms with Crippen LogP contribution in [0.25, 0.3) is 5.65 Å².